The van der Waals surface area contributed by atoms with Crippen molar-refractivity contribution in [1.29, 1.82) is 0 Å². The zero-order valence-electron chi connectivity index (χ0n) is 10.7. The van der Waals surface area contributed by atoms with Crippen LogP contribution >= 0.6 is 27.3 Å². The summed E-state index contributed by atoms with van der Waals surface area (Å²) in [7, 11) is 2.24. The lowest BCUT2D eigenvalue weighted by molar-refractivity contribution is 0.273. The Morgan fingerprint density at radius 2 is 2.29 bits per heavy atom. The summed E-state index contributed by atoms with van der Waals surface area (Å²) in [6, 6.07) is 5.61. The molecule has 2 nitrogen and oxygen atoms in total. The van der Waals surface area contributed by atoms with Crippen molar-refractivity contribution in [3.63, 3.8) is 0 Å². The molecular weight excluding hydrogens is 296 g/mol. The average molecular weight is 317 g/mol. The van der Waals surface area contributed by atoms with Gasteiger partial charge in [0.15, 0.2) is 0 Å². The number of rotatable bonds is 4. The van der Waals surface area contributed by atoms with Crippen LogP contribution in [-0.4, -0.2) is 31.1 Å². The second kappa shape index (κ2) is 5.83. The van der Waals surface area contributed by atoms with Gasteiger partial charge in [0.25, 0.3) is 0 Å². The summed E-state index contributed by atoms with van der Waals surface area (Å²) >= 11 is 5.44. The van der Waals surface area contributed by atoms with Gasteiger partial charge in [0.05, 0.1) is 3.79 Å². The van der Waals surface area contributed by atoms with Gasteiger partial charge < -0.3 is 5.32 Å². The molecule has 0 saturated carbocycles. The van der Waals surface area contributed by atoms with Crippen molar-refractivity contribution < 1.29 is 0 Å². The topological polar surface area (TPSA) is 15.3 Å². The van der Waals surface area contributed by atoms with Crippen LogP contribution in [0.2, 0.25) is 0 Å². The standard InChI is InChI=1S/C13H21BrN2S/c1-9(2)15-8-10-6-7-16(3)13(10)11-4-5-12(14)17-11/h4-5,9-10,13,15H,6-8H2,1-3H3. The number of hydrogen-bond donors (Lipinski definition) is 1. The van der Waals surface area contributed by atoms with Crippen molar-refractivity contribution in [3.8, 4) is 0 Å². The lowest BCUT2D eigenvalue weighted by atomic mass is 9.99. The predicted octanol–water partition coefficient (Wildman–Crippen LogP) is 3.50. The molecule has 0 amide bonds. The molecule has 1 N–H and O–H groups in total. The zero-order chi connectivity index (χ0) is 12.4. The number of hydrogen-bond acceptors (Lipinski definition) is 3. The van der Waals surface area contributed by atoms with Crippen molar-refractivity contribution in [2.75, 3.05) is 20.1 Å². The molecule has 17 heavy (non-hydrogen) atoms. The van der Waals surface area contributed by atoms with Gasteiger partial charge in [0.2, 0.25) is 0 Å². The van der Waals surface area contributed by atoms with E-state index in [2.05, 4.69) is 59.2 Å². The molecule has 2 rings (SSSR count). The molecule has 1 aliphatic rings. The highest BCUT2D eigenvalue weighted by molar-refractivity contribution is 9.11. The molecule has 2 heterocycles. The van der Waals surface area contributed by atoms with Crippen molar-refractivity contribution in [1.82, 2.24) is 10.2 Å². The fourth-order valence-corrected chi connectivity index (χ4v) is 4.25. The second-order valence-electron chi connectivity index (χ2n) is 5.18. The van der Waals surface area contributed by atoms with Crippen molar-refractivity contribution in [2.45, 2.75) is 32.4 Å². The Bertz CT molecular complexity index is 364. The normalized spacial score (nSPS) is 25.9. The van der Waals surface area contributed by atoms with E-state index < -0.39 is 0 Å². The number of halogens is 1. The molecule has 1 aliphatic heterocycles. The van der Waals surface area contributed by atoms with Gasteiger partial charge >= 0.3 is 0 Å². The molecule has 1 saturated heterocycles. The largest absolute Gasteiger partial charge is 0.314 e. The molecule has 0 bridgehead atoms. The quantitative estimate of drug-likeness (QED) is 0.914. The minimum atomic E-state index is 0.580. The van der Waals surface area contributed by atoms with E-state index in [0.29, 0.717) is 12.1 Å². The molecule has 96 valence electrons. The third kappa shape index (κ3) is 3.31. The maximum atomic E-state index is 3.58. The zero-order valence-corrected chi connectivity index (χ0v) is 13.1. The van der Waals surface area contributed by atoms with Crippen LogP contribution in [0.5, 0.6) is 0 Å². The monoisotopic (exact) mass is 316 g/mol. The van der Waals surface area contributed by atoms with E-state index in [1.165, 1.54) is 21.6 Å². The summed E-state index contributed by atoms with van der Waals surface area (Å²) in [4.78, 5) is 3.98. The SMILES string of the molecule is CC(C)NCC1CCN(C)C1c1ccc(Br)s1. The van der Waals surface area contributed by atoms with E-state index >= 15 is 0 Å². The minimum absolute atomic E-state index is 0.580. The van der Waals surface area contributed by atoms with E-state index in [4.69, 9.17) is 0 Å². The summed E-state index contributed by atoms with van der Waals surface area (Å²) in [6.07, 6.45) is 1.30. The Hall–Kier alpha value is 0.1000. The van der Waals surface area contributed by atoms with Crippen LogP contribution in [0.3, 0.4) is 0 Å². The first kappa shape index (κ1) is 13.5. The molecular formula is C13H21BrN2S. The fraction of sp³-hybridized carbons (Fsp3) is 0.692. The summed E-state index contributed by atoms with van der Waals surface area (Å²) in [6.45, 7) is 6.78. The minimum Gasteiger partial charge on any atom is -0.314 e. The molecule has 0 aliphatic carbocycles. The number of nitrogens with one attached hydrogen (secondary N) is 1. The number of thiophene rings is 1. The van der Waals surface area contributed by atoms with Crippen molar-refractivity contribution in [3.05, 3.63) is 20.8 Å². The number of likely N-dealkylation sites (tertiary alicyclic amines) is 1. The van der Waals surface area contributed by atoms with Gasteiger partial charge in [-0.2, -0.15) is 0 Å². The van der Waals surface area contributed by atoms with Gasteiger partial charge in [-0.05, 0) is 54.0 Å². The molecule has 1 fully saturated rings. The van der Waals surface area contributed by atoms with Crippen molar-refractivity contribution >= 4 is 27.3 Å². The van der Waals surface area contributed by atoms with Gasteiger partial charge in [-0.15, -0.1) is 11.3 Å². The molecule has 1 aromatic rings. The van der Waals surface area contributed by atoms with E-state index in [1.807, 2.05) is 11.3 Å². The van der Waals surface area contributed by atoms with Crippen LogP contribution in [-0.2, 0) is 0 Å². The first-order valence-corrected chi connectivity index (χ1v) is 7.87. The highest BCUT2D eigenvalue weighted by Gasteiger charge is 2.33. The van der Waals surface area contributed by atoms with Crippen LogP contribution < -0.4 is 5.32 Å². The smallest absolute Gasteiger partial charge is 0.0701 e. The maximum absolute atomic E-state index is 3.58. The van der Waals surface area contributed by atoms with E-state index in [0.717, 1.165) is 12.5 Å². The summed E-state index contributed by atoms with van der Waals surface area (Å²) in [5.41, 5.74) is 0. The molecule has 4 heteroatoms. The van der Waals surface area contributed by atoms with Crippen LogP contribution in [0.1, 0.15) is 31.2 Å². The Morgan fingerprint density at radius 3 is 2.88 bits per heavy atom. The lowest BCUT2D eigenvalue weighted by Gasteiger charge is -2.25. The van der Waals surface area contributed by atoms with Gasteiger partial charge in [0.1, 0.15) is 0 Å². The van der Waals surface area contributed by atoms with Gasteiger partial charge in [-0.25, -0.2) is 0 Å². The van der Waals surface area contributed by atoms with Crippen LogP contribution in [0.15, 0.2) is 15.9 Å². The highest BCUT2D eigenvalue weighted by Crippen LogP contribution is 2.40. The molecule has 2 unspecified atom stereocenters. The molecule has 1 aromatic heterocycles. The third-order valence-electron chi connectivity index (χ3n) is 3.45. The summed E-state index contributed by atoms with van der Waals surface area (Å²) in [5.74, 6) is 0.743. The predicted molar refractivity (Wildman–Crippen MR) is 78.6 cm³/mol. The second-order valence-corrected chi connectivity index (χ2v) is 7.67. The Morgan fingerprint density at radius 1 is 1.53 bits per heavy atom. The first-order chi connectivity index (χ1) is 8.08. The first-order valence-electron chi connectivity index (χ1n) is 6.26. The van der Waals surface area contributed by atoms with Crippen LogP contribution in [0.4, 0.5) is 0 Å². The summed E-state index contributed by atoms with van der Waals surface area (Å²) < 4.78 is 1.24. The van der Waals surface area contributed by atoms with Gasteiger partial charge in [-0.3, -0.25) is 4.90 Å². The Labute approximate surface area is 117 Å². The molecule has 0 aromatic carbocycles. The highest BCUT2D eigenvalue weighted by atomic mass is 79.9. The lowest BCUT2D eigenvalue weighted by Crippen LogP contribution is -2.31. The molecule has 0 radical (unpaired) electrons. The van der Waals surface area contributed by atoms with E-state index in [9.17, 15) is 0 Å². The van der Waals surface area contributed by atoms with Crippen LogP contribution in [0, 0.1) is 5.92 Å². The maximum Gasteiger partial charge on any atom is 0.0701 e. The number of nitrogens with zero attached hydrogens (tertiary/aromatic N) is 1. The van der Waals surface area contributed by atoms with Crippen molar-refractivity contribution in [2.24, 2.45) is 5.92 Å². The van der Waals surface area contributed by atoms with Gasteiger partial charge in [-0.1, -0.05) is 13.8 Å². The Balaban J connectivity index is 2.06. The van der Waals surface area contributed by atoms with E-state index in [-0.39, 0.29) is 0 Å². The van der Waals surface area contributed by atoms with E-state index in [1.54, 1.807) is 0 Å². The summed E-state index contributed by atoms with van der Waals surface area (Å²) in [5, 5.41) is 3.58. The third-order valence-corrected chi connectivity index (χ3v) is 5.14. The Kier molecular flexibility index (Phi) is 4.64. The molecule has 2 atom stereocenters. The molecule has 0 spiro atoms. The van der Waals surface area contributed by atoms with Crippen LogP contribution in [0.25, 0.3) is 0 Å². The van der Waals surface area contributed by atoms with Gasteiger partial charge in [0, 0.05) is 23.5 Å². The average Bonchev–Trinajstić information content (AvgIpc) is 2.82. The fourth-order valence-electron chi connectivity index (χ4n) is 2.56.